The molecular weight excluding hydrogens is 497 g/mol. The number of carbonyl (C=O) groups excluding carboxylic acids is 1. The number of nitrogens with zero attached hydrogens (tertiary/aromatic N) is 2. The molecule has 0 aliphatic carbocycles. The Hall–Kier alpha value is -2.34. The van der Waals surface area contributed by atoms with Crippen LogP contribution in [0.2, 0.25) is 10.0 Å². The zero-order valence-electron chi connectivity index (χ0n) is 17.2. The standard InChI is InChI=1S/C24H20BrCl2N3O/c1-24(2,3)29-23(31)15-12-18(25)22-28-20(17-6-4-5-7-19(17)27)21(30(22)13-15)14-8-10-16(26)11-9-14/h4-13H,1-3H3,(H,29,31). The highest BCUT2D eigenvalue weighted by molar-refractivity contribution is 9.10. The number of halogens is 3. The highest BCUT2D eigenvalue weighted by Gasteiger charge is 2.22. The Kier molecular flexibility index (Phi) is 5.86. The zero-order chi connectivity index (χ0) is 22.3. The Balaban J connectivity index is 2.01. The van der Waals surface area contributed by atoms with E-state index in [4.69, 9.17) is 28.2 Å². The SMILES string of the molecule is CC(C)(C)NC(=O)c1cc(Br)c2nc(-c3ccccc3Cl)c(-c3ccc(Cl)cc3)n2c1. The van der Waals surface area contributed by atoms with Crippen molar-refractivity contribution in [1.82, 2.24) is 14.7 Å². The molecule has 2 aromatic heterocycles. The van der Waals surface area contributed by atoms with Gasteiger partial charge in [-0.3, -0.25) is 9.20 Å². The van der Waals surface area contributed by atoms with Crippen molar-refractivity contribution in [3.05, 3.63) is 80.9 Å². The van der Waals surface area contributed by atoms with E-state index in [1.165, 1.54) is 0 Å². The minimum absolute atomic E-state index is 0.162. The fraction of sp³-hybridized carbons (Fsp3) is 0.167. The van der Waals surface area contributed by atoms with Crippen LogP contribution in [0.1, 0.15) is 31.1 Å². The highest BCUT2D eigenvalue weighted by Crippen LogP contribution is 2.38. The molecule has 0 spiro atoms. The second-order valence-corrected chi connectivity index (χ2v) is 9.97. The van der Waals surface area contributed by atoms with E-state index in [1.807, 2.05) is 73.7 Å². The maximum atomic E-state index is 12.9. The van der Waals surface area contributed by atoms with E-state index >= 15 is 0 Å². The molecule has 0 aliphatic rings. The lowest BCUT2D eigenvalue weighted by atomic mass is 10.0. The van der Waals surface area contributed by atoms with Gasteiger partial charge in [-0.15, -0.1) is 0 Å². The molecule has 1 amide bonds. The topological polar surface area (TPSA) is 46.4 Å². The first-order chi connectivity index (χ1) is 14.6. The molecule has 2 heterocycles. The van der Waals surface area contributed by atoms with Crippen molar-refractivity contribution in [1.29, 1.82) is 0 Å². The molecule has 4 rings (SSSR count). The van der Waals surface area contributed by atoms with E-state index in [2.05, 4.69) is 21.2 Å². The van der Waals surface area contributed by atoms with Gasteiger partial charge in [0.1, 0.15) is 0 Å². The van der Waals surface area contributed by atoms with Gasteiger partial charge in [0.25, 0.3) is 5.91 Å². The first-order valence-electron chi connectivity index (χ1n) is 9.69. The summed E-state index contributed by atoms with van der Waals surface area (Å²) in [6.45, 7) is 5.85. The van der Waals surface area contributed by atoms with E-state index in [9.17, 15) is 4.79 Å². The van der Waals surface area contributed by atoms with Crippen molar-refractivity contribution >= 4 is 50.7 Å². The van der Waals surface area contributed by atoms with E-state index in [0.717, 1.165) is 22.5 Å². The van der Waals surface area contributed by atoms with Gasteiger partial charge in [-0.05, 0) is 61.0 Å². The third kappa shape index (κ3) is 4.49. The van der Waals surface area contributed by atoms with Gasteiger partial charge in [-0.2, -0.15) is 0 Å². The third-order valence-electron chi connectivity index (χ3n) is 4.67. The zero-order valence-corrected chi connectivity index (χ0v) is 20.3. The average molecular weight is 517 g/mol. The number of imidazole rings is 1. The van der Waals surface area contributed by atoms with Crippen molar-refractivity contribution in [3.8, 4) is 22.5 Å². The fourth-order valence-corrected chi connectivity index (χ4v) is 4.24. The summed E-state index contributed by atoms with van der Waals surface area (Å²) in [6.07, 6.45) is 1.80. The quantitative estimate of drug-likeness (QED) is 0.311. The molecule has 4 aromatic rings. The maximum Gasteiger partial charge on any atom is 0.253 e. The minimum Gasteiger partial charge on any atom is -0.347 e. The molecule has 0 atom stereocenters. The number of pyridine rings is 1. The minimum atomic E-state index is -0.352. The summed E-state index contributed by atoms with van der Waals surface area (Å²) in [5.74, 6) is -0.162. The van der Waals surface area contributed by atoms with Gasteiger partial charge in [0.05, 0.1) is 26.4 Å². The van der Waals surface area contributed by atoms with Gasteiger partial charge < -0.3 is 5.32 Å². The monoisotopic (exact) mass is 515 g/mol. The van der Waals surface area contributed by atoms with Gasteiger partial charge in [0.15, 0.2) is 5.65 Å². The molecule has 0 saturated heterocycles. The van der Waals surface area contributed by atoms with E-state index in [-0.39, 0.29) is 11.4 Å². The van der Waals surface area contributed by atoms with Crippen LogP contribution >= 0.6 is 39.1 Å². The molecule has 7 heteroatoms. The molecule has 0 fully saturated rings. The van der Waals surface area contributed by atoms with Crippen molar-refractivity contribution in [2.24, 2.45) is 0 Å². The molecule has 0 saturated carbocycles. The van der Waals surface area contributed by atoms with Crippen molar-refractivity contribution in [2.75, 3.05) is 0 Å². The fourth-order valence-electron chi connectivity index (χ4n) is 3.37. The number of amides is 1. The second kappa shape index (κ2) is 8.30. The summed E-state index contributed by atoms with van der Waals surface area (Å²) in [4.78, 5) is 17.8. The Morgan fingerprint density at radius 1 is 1.06 bits per heavy atom. The smallest absolute Gasteiger partial charge is 0.253 e. The van der Waals surface area contributed by atoms with Crippen LogP contribution in [0.5, 0.6) is 0 Å². The first-order valence-corrected chi connectivity index (χ1v) is 11.2. The van der Waals surface area contributed by atoms with Gasteiger partial charge in [0, 0.05) is 27.9 Å². The van der Waals surface area contributed by atoms with Crippen LogP contribution in [0.3, 0.4) is 0 Å². The van der Waals surface area contributed by atoms with Crippen molar-refractivity contribution in [3.63, 3.8) is 0 Å². The molecule has 0 unspecified atom stereocenters. The molecule has 31 heavy (non-hydrogen) atoms. The summed E-state index contributed by atoms with van der Waals surface area (Å²) < 4.78 is 2.63. The Labute approximate surface area is 199 Å². The summed E-state index contributed by atoms with van der Waals surface area (Å²) in [5.41, 5.74) is 4.13. The summed E-state index contributed by atoms with van der Waals surface area (Å²) in [5, 5.41) is 4.25. The van der Waals surface area contributed by atoms with Gasteiger partial charge in [-0.25, -0.2) is 4.98 Å². The van der Waals surface area contributed by atoms with E-state index in [0.29, 0.717) is 25.7 Å². The van der Waals surface area contributed by atoms with E-state index < -0.39 is 0 Å². The van der Waals surface area contributed by atoms with Crippen molar-refractivity contribution < 1.29 is 4.79 Å². The maximum absolute atomic E-state index is 12.9. The second-order valence-electron chi connectivity index (χ2n) is 8.27. The molecular formula is C24H20BrCl2N3O. The molecule has 0 radical (unpaired) electrons. The van der Waals surface area contributed by atoms with Crippen LogP contribution in [0.4, 0.5) is 0 Å². The van der Waals surface area contributed by atoms with Gasteiger partial charge in [-0.1, -0.05) is 53.5 Å². The molecule has 158 valence electrons. The summed E-state index contributed by atoms with van der Waals surface area (Å²) >= 11 is 16.2. The summed E-state index contributed by atoms with van der Waals surface area (Å²) in [7, 11) is 0. The number of aromatic nitrogens is 2. The van der Waals surface area contributed by atoms with Crippen molar-refractivity contribution in [2.45, 2.75) is 26.3 Å². The lowest BCUT2D eigenvalue weighted by Gasteiger charge is -2.20. The Morgan fingerprint density at radius 3 is 2.39 bits per heavy atom. The number of rotatable bonds is 3. The molecule has 4 nitrogen and oxygen atoms in total. The summed E-state index contributed by atoms with van der Waals surface area (Å²) in [6, 6.07) is 16.9. The number of benzene rings is 2. The van der Waals surface area contributed by atoms with Crippen LogP contribution in [0.25, 0.3) is 28.2 Å². The lowest BCUT2D eigenvalue weighted by molar-refractivity contribution is 0.0919. The van der Waals surface area contributed by atoms with Crippen LogP contribution in [0, 0.1) is 0 Å². The lowest BCUT2D eigenvalue weighted by Crippen LogP contribution is -2.40. The van der Waals surface area contributed by atoms with Crippen LogP contribution < -0.4 is 5.32 Å². The Morgan fingerprint density at radius 2 is 1.74 bits per heavy atom. The molecule has 0 bridgehead atoms. The molecule has 0 aliphatic heterocycles. The Bertz CT molecular complexity index is 1290. The average Bonchev–Trinajstić information content (AvgIpc) is 3.07. The predicted molar refractivity (Wildman–Crippen MR) is 131 cm³/mol. The van der Waals surface area contributed by atoms with Crippen LogP contribution in [0.15, 0.2) is 65.3 Å². The highest BCUT2D eigenvalue weighted by atomic mass is 79.9. The number of hydrogen-bond donors (Lipinski definition) is 1. The third-order valence-corrected chi connectivity index (χ3v) is 5.84. The van der Waals surface area contributed by atoms with Crippen LogP contribution in [-0.2, 0) is 0 Å². The molecule has 1 N–H and O–H groups in total. The molecule has 2 aromatic carbocycles. The first kappa shape index (κ1) is 21.9. The van der Waals surface area contributed by atoms with Crippen LogP contribution in [-0.4, -0.2) is 20.8 Å². The largest absolute Gasteiger partial charge is 0.347 e. The van der Waals surface area contributed by atoms with Gasteiger partial charge in [0.2, 0.25) is 0 Å². The number of fused-ring (bicyclic) bond motifs is 1. The number of carbonyl (C=O) groups is 1. The predicted octanol–water partition coefficient (Wildman–Crippen LogP) is 7.27. The number of hydrogen-bond acceptors (Lipinski definition) is 2. The normalized spacial score (nSPS) is 11.7. The van der Waals surface area contributed by atoms with Gasteiger partial charge >= 0.3 is 0 Å². The number of nitrogens with one attached hydrogen (secondary N) is 1. The van der Waals surface area contributed by atoms with E-state index in [1.54, 1.807) is 12.3 Å².